The second-order valence-electron chi connectivity index (χ2n) is 4.58. The van der Waals surface area contributed by atoms with Crippen LogP contribution in [0.2, 0.25) is 0 Å². The van der Waals surface area contributed by atoms with Crippen molar-refractivity contribution in [1.82, 2.24) is 0 Å². The number of hydrogen-bond donors (Lipinski definition) is 0. The Morgan fingerprint density at radius 1 is 1.20 bits per heavy atom. The predicted molar refractivity (Wildman–Crippen MR) is 78.5 cm³/mol. The Kier molecular flexibility index (Phi) is 3.18. The van der Waals surface area contributed by atoms with Crippen LogP contribution in [-0.2, 0) is 0 Å². The zero-order valence-corrected chi connectivity index (χ0v) is 12.2. The molecule has 0 fully saturated rings. The summed E-state index contributed by atoms with van der Waals surface area (Å²) in [5.41, 5.74) is 1.59. The van der Waals surface area contributed by atoms with E-state index in [0.29, 0.717) is 15.4 Å². The maximum Gasteiger partial charge on any atom is 0.229 e. The van der Waals surface area contributed by atoms with Crippen LogP contribution >= 0.6 is 15.9 Å². The van der Waals surface area contributed by atoms with Gasteiger partial charge in [0.1, 0.15) is 0 Å². The highest BCUT2D eigenvalue weighted by Gasteiger charge is 2.18. The molecule has 0 aliphatic carbocycles. The minimum atomic E-state index is -0.468. The van der Waals surface area contributed by atoms with Crippen molar-refractivity contribution in [2.75, 3.05) is 0 Å². The normalized spacial score (nSPS) is 10.9. The van der Waals surface area contributed by atoms with Crippen LogP contribution in [-0.4, -0.2) is 5.78 Å². The highest BCUT2D eigenvalue weighted by atomic mass is 79.9. The van der Waals surface area contributed by atoms with Crippen molar-refractivity contribution in [2.45, 2.75) is 6.92 Å². The van der Waals surface area contributed by atoms with Gasteiger partial charge in [-0.2, -0.15) is 0 Å². The Balaban J connectivity index is 2.13. The first-order valence-corrected chi connectivity index (χ1v) is 6.84. The SMILES string of the molecule is Cc1ccc(Br)c(C(=O)c2cc3cccc(F)c3o2)c1. The topological polar surface area (TPSA) is 30.2 Å². The third-order valence-electron chi connectivity index (χ3n) is 3.09. The van der Waals surface area contributed by atoms with E-state index in [-0.39, 0.29) is 17.1 Å². The van der Waals surface area contributed by atoms with Crippen LogP contribution in [0.5, 0.6) is 0 Å². The molecule has 0 aliphatic heterocycles. The molecule has 0 unspecified atom stereocenters. The van der Waals surface area contributed by atoms with Gasteiger partial charge in [-0.25, -0.2) is 4.39 Å². The van der Waals surface area contributed by atoms with E-state index in [1.165, 1.54) is 6.07 Å². The van der Waals surface area contributed by atoms with Crippen molar-refractivity contribution in [2.24, 2.45) is 0 Å². The molecule has 0 N–H and O–H groups in total. The number of para-hydroxylation sites is 1. The number of rotatable bonds is 2. The van der Waals surface area contributed by atoms with Gasteiger partial charge in [0.05, 0.1) is 0 Å². The quantitative estimate of drug-likeness (QED) is 0.626. The van der Waals surface area contributed by atoms with Gasteiger partial charge in [-0.05, 0) is 31.2 Å². The van der Waals surface area contributed by atoms with E-state index in [4.69, 9.17) is 4.42 Å². The number of carbonyl (C=O) groups is 1. The molecule has 100 valence electrons. The third kappa shape index (κ3) is 2.16. The first kappa shape index (κ1) is 13.1. The van der Waals surface area contributed by atoms with E-state index in [1.807, 2.05) is 19.1 Å². The van der Waals surface area contributed by atoms with Crippen LogP contribution in [0.4, 0.5) is 4.39 Å². The third-order valence-corrected chi connectivity index (χ3v) is 3.78. The van der Waals surface area contributed by atoms with E-state index >= 15 is 0 Å². The molecule has 0 spiro atoms. The maximum atomic E-state index is 13.6. The number of fused-ring (bicyclic) bond motifs is 1. The lowest BCUT2D eigenvalue weighted by Crippen LogP contribution is -2.01. The summed E-state index contributed by atoms with van der Waals surface area (Å²) < 4.78 is 19.6. The molecule has 0 radical (unpaired) electrons. The van der Waals surface area contributed by atoms with Crippen molar-refractivity contribution in [3.63, 3.8) is 0 Å². The van der Waals surface area contributed by atoms with Crippen molar-refractivity contribution in [3.8, 4) is 0 Å². The van der Waals surface area contributed by atoms with E-state index < -0.39 is 5.82 Å². The van der Waals surface area contributed by atoms with Crippen molar-refractivity contribution < 1.29 is 13.6 Å². The van der Waals surface area contributed by atoms with Crippen LogP contribution in [0, 0.1) is 12.7 Å². The summed E-state index contributed by atoms with van der Waals surface area (Å²) in [6.07, 6.45) is 0. The molecule has 20 heavy (non-hydrogen) atoms. The van der Waals surface area contributed by atoms with Crippen LogP contribution < -0.4 is 0 Å². The average molecular weight is 333 g/mol. The molecule has 0 saturated carbocycles. The average Bonchev–Trinajstić information content (AvgIpc) is 2.86. The highest BCUT2D eigenvalue weighted by molar-refractivity contribution is 9.10. The van der Waals surface area contributed by atoms with Crippen molar-refractivity contribution >= 4 is 32.7 Å². The first-order valence-electron chi connectivity index (χ1n) is 6.05. The Bertz CT molecular complexity index is 820. The van der Waals surface area contributed by atoms with Gasteiger partial charge in [0, 0.05) is 15.4 Å². The number of benzene rings is 2. The lowest BCUT2D eigenvalue weighted by Gasteiger charge is -2.02. The summed E-state index contributed by atoms with van der Waals surface area (Å²) in [5, 5.41) is 0.581. The van der Waals surface area contributed by atoms with Crippen LogP contribution in [0.25, 0.3) is 11.0 Å². The standard InChI is InChI=1S/C16H10BrFO2/c1-9-5-6-12(17)11(7-9)15(19)14-8-10-3-2-4-13(18)16(10)20-14/h2-8H,1H3. The minimum Gasteiger partial charge on any atom is -0.449 e. The van der Waals surface area contributed by atoms with Crippen LogP contribution in [0.15, 0.2) is 51.4 Å². The molecular weight excluding hydrogens is 323 g/mol. The zero-order chi connectivity index (χ0) is 14.3. The molecular formula is C16H10BrFO2. The summed E-state index contributed by atoms with van der Waals surface area (Å²) in [5.74, 6) is -0.600. The zero-order valence-electron chi connectivity index (χ0n) is 10.6. The van der Waals surface area contributed by atoms with E-state index in [1.54, 1.807) is 24.3 Å². The summed E-state index contributed by atoms with van der Waals surface area (Å²) >= 11 is 3.35. The van der Waals surface area contributed by atoms with Gasteiger partial charge in [-0.3, -0.25) is 4.79 Å². The van der Waals surface area contributed by atoms with Gasteiger partial charge < -0.3 is 4.42 Å². The van der Waals surface area contributed by atoms with Gasteiger partial charge in [-0.1, -0.05) is 39.7 Å². The Morgan fingerprint density at radius 2 is 2.00 bits per heavy atom. The molecule has 1 aromatic heterocycles. The molecule has 0 aliphatic rings. The second kappa shape index (κ2) is 4.87. The van der Waals surface area contributed by atoms with Crippen molar-refractivity contribution in [1.29, 1.82) is 0 Å². The van der Waals surface area contributed by atoms with E-state index in [9.17, 15) is 9.18 Å². The number of aryl methyl sites for hydroxylation is 1. The minimum absolute atomic E-state index is 0.111. The molecule has 0 atom stereocenters. The molecule has 0 amide bonds. The second-order valence-corrected chi connectivity index (χ2v) is 5.44. The Morgan fingerprint density at radius 3 is 2.75 bits per heavy atom. The van der Waals surface area contributed by atoms with Gasteiger partial charge in [0.15, 0.2) is 17.2 Å². The smallest absolute Gasteiger partial charge is 0.229 e. The largest absolute Gasteiger partial charge is 0.449 e. The molecule has 3 rings (SSSR count). The Labute approximate surface area is 123 Å². The van der Waals surface area contributed by atoms with Gasteiger partial charge in [0.25, 0.3) is 0 Å². The van der Waals surface area contributed by atoms with E-state index in [2.05, 4.69) is 15.9 Å². The highest BCUT2D eigenvalue weighted by Crippen LogP contribution is 2.26. The number of halogens is 2. The molecule has 0 bridgehead atoms. The number of ketones is 1. The lowest BCUT2D eigenvalue weighted by molar-refractivity contribution is 0.101. The van der Waals surface area contributed by atoms with Gasteiger partial charge in [0.2, 0.25) is 5.78 Å². The number of carbonyl (C=O) groups excluding carboxylic acids is 1. The van der Waals surface area contributed by atoms with Crippen LogP contribution in [0.3, 0.4) is 0 Å². The summed E-state index contributed by atoms with van der Waals surface area (Å²) in [6, 6.07) is 11.7. The summed E-state index contributed by atoms with van der Waals surface area (Å²) in [7, 11) is 0. The molecule has 4 heteroatoms. The molecule has 3 aromatic rings. The fourth-order valence-electron chi connectivity index (χ4n) is 2.09. The first-order chi connectivity index (χ1) is 9.56. The molecule has 0 saturated heterocycles. The summed E-state index contributed by atoms with van der Waals surface area (Å²) in [4.78, 5) is 12.5. The number of furan rings is 1. The maximum absolute atomic E-state index is 13.6. The van der Waals surface area contributed by atoms with Crippen molar-refractivity contribution in [3.05, 3.63) is 69.6 Å². The molecule has 1 heterocycles. The summed E-state index contributed by atoms with van der Waals surface area (Å²) in [6.45, 7) is 1.90. The Hall–Kier alpha value is -1.94. The van der Waals surface area contributed by atoms with Crippen LogP contribution in [0.1, 0.15) is 21.7 Å². The molecule has 2 nitrogen and oxygen atoms in total. The fourth-order valence-corrected chi connectivity index (χ4v) is 2.51. The van der Waals surface area contributed by atoms with Gasteiger partial charge in [-0.15, -0.1) is 0 Å². The monoisotopic (exact) mass is 332 g/mol. The molecule has 2 aromatic carbocycles. The lowest BCUT2D eigenvalue weighted by atomic mass is 10.1. The van der Waals surface area contributed by atoms with E-state index in [0.717, 1.165) is 5.56 Å². The van der Waals surface area contributed by atoms with Gasteiger partial charge >= 0.3 is 0 Å². The fraction of sp³-hybridized carbons (Fsp3) is 0.0625. The predicted octanol–water partition coefficient (Wildman–Crippen LogP) is 4.87. The number of hydrogen-bond acceptors (Lipinski definition) is 2.